The van der Waals surface area contributed by atoms with E-state index in [4.69, 9.17) is 4.74 Å². The molecule has 1 aromatic heterocycles. The van der Waals surface area contributed by atoms with E-state index in [9.17, 15) is 9.90 Å². The highest BCUT2D eigenvalue weighted by atomic mass is 16.6. The van der Waals surface area contributed by atoms with Crippen LogP contribution >= 0.6 is 0 Å². The maximum atomic E-state index is 12.8. The number of nitrogens with one attached hydrogen (secondary N) is 1. The standard InChI is InChI=1S/C16H19N5O3/c1-9-12(14(23)24-16(2,3)4)13(10-5-7-11(22)8-6-10)21-15(17-9)18-19-20-21/h5-8,13,22H,1-4H3,(H,17,18,20)/t13-/m1/s1. The molecule has 2 N–H and O–H groups in total. The van der Waals surface area contributed by atoms with E-state index in [0.717, 1.165) is 5.56 Å². The van der Waals surface area contributed by atoms with Gasteiger partial charge in [0, 0.05) is 5.70 Å². The lowest BCUT2D eigenvalue weighted by Gasteiger charge is -2.29. The molecule has 0 radical (unpaired) electrons. The van der Waals surface area contributed by atoms with Gasteiger partial charge in [-0.3, -0.25) is 0 Å². The number of phenols is 1. The molecule has 126 valence electrons. The molecule has 8 heteroatoms. The molecule has 0 fully saturated rings. The maximum Gasteiger partial charge on any atom is 0.338 e. The van der Waals surface area contributed by atoms with E-state index in [-0.39, 0.29) is 5.75 Å². The van der Waals surface area contributed by atoms with Crippen LogP contribution in [0, 0.1) is 0 Å². The molecule has 0 unspecified atom stereocenters. The molecule has 1 aliphatic rings. The second-order valence-electron chi connectivity index (χ2n) is 6.61. The first-order valence-corrected chi connectivity index (χ1v) is 7.54. The number of rotatable bonds is 2. The Balaban J connectivity index is 2.10. The van der Waals surface area contributed by atoms with Crippen LogP contribution in [-0.2, 0) is 9.53 Å². The third kappa shape index (κ3) is 2.94. The Morgan fingerprint density at radius 1 is 1.29 bits per heavy atom. The zero-order valence-electron chi connectivity index (χ0n) is 13.9. The Kier molecular flexibility index (Phi) is 3.75. The zero-order chi connectivity index (χ0) is 17.5. The van der Waals surface area contributed by atoms with Crippen molar-refractivity contribution in [2.75, 3.05) is 5.32 Å². The van der Waals surface area contributed by atoms with Crippen molar-refractivity contribution >= 4 is 11.9 Å². The van der Waals surface area contributed by atoms with Crippen LogP contribution in [0.4, 0.5) is 5.95 Å². The lowest BCUT2D eigenvalue weighted by molar-refractivity contribution is -0.150. The summed E-state index contributed by atoms with van der Waals surface area (Å²) in [6.45, 7) is 7.23. The summed E-state index contributed by atoms with van der Waals surface area (Å²) in [5, 5.41) is 24.1. The average molecular weight is 329 g/mol. The van der Waals surface area contributed by atoms with Crippen LogP contribution in [0.2, 0.25) is 0 Å². The molecule has 3 rings (SSSR count). The summed E-state index contributed by atoms with van der Waals surface area (Å²) in [5.74, 6) is 0.147. The van der Waals surface area contributed by atoms with Gasteiger partial charge in [0.25, 0.3) is 0 Å². The summed E-state index contributed by atoms with van der Waals surface area (Å²) in [5.41, 5.74) is 1.20. The smallest absolute Gasteiger partial charge is 0.338 e. The lowest BCUT2D eigenvalue weighted by Crippen LogP contribution is -2.33. The van der Waals surface area contributed by atoms with Gasteiger partial charge >= 0.3 is 5.97 Å². The second-order valence-corrected chi connectivity index (χ2v) is 6.61. The van der Waals surface area contributed by atoms with Gasteiger partial charge in [-0.05, 0) is 55.8 Å². The van der Waals surface area contributed by atoms with E-state index in [1.54, 1.807) is 31.2 Å². The monoisotopic (exact) mass is 329 g/mol. The number of carbonyl (C=O) groups is 1. The average Bonchev–Trinajstić information content (AvgIpc) is 2.92. The fourth-order valence-corrected chi connectivity index (χ4v) is 2.57. The van der Waals surface area contributed by atoms with Crippen molar-refractivity contribution in [2.45, 2.75) is 39.3 Å². The number of carbonyl (C=O) groups excluding carboxylic acids is 1. The molecule has 2 heterocycles. The first-order valence-electron chi connectivity index (χ1n) is 7.54. The third-order valence-corrected chi connectivity index (χ3v) is 3.54. The van der Waals surface area contributed by atoms with Crippen molar-refractivity contribution in [2.24, 2.45) is 0 Å². The van der Waals surface area contributed by atoms with Gasteiger partial charge in [-0.15, -0.1) is 0 Å². The van der Waals surface area contributed by atoms with Gasteiger partial charge in [0.2, 0.25) is 5.95 Å². The van der Waals surface area contributed by atoms with Gasteiger partial charge in [0.1, 0.15) is 17.4 Å². The van der Waals surface area contributed by atoms with Crippen LogP contribution in [0.25, 0.3) is 0 Å². The Morgan fingerprint density at radius 3 is 2.58 bits per heavy atom. The molecule has 0 amide bonds. The summed E-state index contributed by atoms with van der Waals surface area (Å²) >= 11 is 0. The highest BCUT2D eigenvalue weighted by Gasteiger charge is 2.36. The van der Waals surface area contributed by atoms with Crippen molar-refractivity contribution < 1.29 is 14.6 Å². The van der Waals surface area contributed by atoms with E-state index < -0.39 is 17.6 Å². The molecule has 0 bridgehead atoms. The molecular formula is C16H19N5O3. The molecule has 1 aliphatic heterocycles. The minimum Gasteiger partial charge on any atom is -0.508 e. The molecule has 0 aliphatic carbocycles. The lowest BCUT2D eigenvalue weighted by atomic mass is 9.95. The molecule has 1 atom stereocenters. The number of allylic oxidation sites excluding steroid dienone is 1. The van der Waals surface area contributed by atoms with E-state index in [1.165, 1.54) is 4.68 Å². The third-order valence-electron chi connectivity index (χ3n) is 3.54. The SMILES string of the molecule is CC1=C(C(=O)OC(C)(C)C)[C@@H](c2ccc(O)cc2)n2nnnc2N1. The number of anilines is 1. The van der Waals surface area contributed by atoms with Crippen LogP contribution in [0.15, 0.2) is 35.5 Å². The Morgan fingerprint density at radius 2 is 1.96 bits per heavy atom. The fraction of sp³-hybridized carbons (Fsp3) is 0.375. The van der Waals surface area contributed by atoms with Crippen LogP contribution in [-0.4, -0.2) is 36.9 Å². The van der Waals surface area contributed by atoms with Crippen LogP contribution in [0.5, 0.6) is 5.75 Å². The minimum absolute atomic E-state index is 0.143. The molecule has 2 aromatic rings. The van der Waals surface area contributed by atoms with Gasteiger partial charge in [0.05, 0.1) is 5.57 Å². The normalized spacial score (nSPS) is 17.2. The Labute approximate surface area is 139 Å². The van der Waals surface area contributed by atoms with Gasteiger partial charge in [-0.2, -0.15) is 4.68 Å². The summed E-state index contributed by atoms with van der Waals surface area (Å²) in [4.78, 5) is 12.8. The van der Waals surface area contributed by atoms with Crippen molar-refractivity contribution in [3.8, 4) is 5.75 Å². The second kappa shape index (κ2) is 5.63. The van der Waals surface area contributed by atoms with Gasteiger partial charge in [-0.25, -0.2) is 4.79 Å². The molecular weight excluding hydrogens is 310 g/mol. The van der Waals surface area contributed by atoms with Crippen molar-refractivity contribution in [3.05, 3.63) is 41.1 Å². The van der Waals surface area contributed by atoms with E-state index in [1.807, 2.05) is 20.8 Å². The summed E-state index contributed by atoms with van der Waals surface area (Å²) in [6.07, 6.45) is 0. The fourth-order valence-electron chi connectivity index (χ4n) is 2.57. The molecule has 24 heavy (non-hydrogen) atoms. The van der Waals surface area contributed by atoms with E-state index in [2.05, 4.69) is 20.8 Å². The minimum atomic E-state index is -0.620. The maximum absolute atomic E-state index is 12.8. The largest absolute Gasteiger partial charge is 0.508 e. The first-order chi connectivity index (χ1) is 11.3. The van der Waals surface area contributed by atoms with Crippen molar-refractivity contribution in [1.29, 1.82) is 0 Å². The number of hydrogen-bond donors (Lipinski definition) is 2. The number of hydrogen-bond acceptors (Lipinski definition) is 7. The Bertz CT molecular complexity index is 802. The summed E-state index contributed by atoms with van der Waals surface area (Å²) < 4.78 is 7.07. The number of esters is 1. The number of tetrazole rings is 1. The number of aromatic nitrogens is 4. The van der Waals surface area contributed by atoms with E-state index >= 15 is 0 Å². The van der Waals surface area contributed by atoms with Crippen LogP contribution in [0.1, 0.15) is 39.3 Å². The number of nitrogens with zero attached hydrogens (tertiary/aromatic N) is 4. The highest BCUT2D eigenvalue weighted by molar-refractivity contribution is 5.92. The number of aromatic hydroxyl groups is 1. The molecule has 0 saturated carbocycles. The van der Waals surface area contributed by atoms with Gasteiger partial charge in [0.15, 0.2) is 0 Å². The zero-order valence-corrected chi connectivity index (χ0v) is 13.9. The number of fused-ring (bicyclic) bond motifs is 1. The molecule has 0 saturated heterocycles. The first kappa shape index (κ1) is 16.0. The van der Waals surface area contributed by atoms with Crippen LogP contribution < -0.4 is 5.32 Å². The summed E-state index contributed by atoms with van der Waals surface area (Å²) in [7, 11) is 0. The van der Waals surface area contributed by atoms with Crippen LogP contribution in [0.3, 0.4) is 0 Å². The summed E-state index contributed by atoms with van der Waals surface area (Å²) in [6, 6.07) is 6.04. The molecule has 0 spiro atoms. The van der Waals surface area contributed by atoms with Gasteiger partial charge < -0.3 is 15.2 Å². The molecule has 1 aromatic carbocycles. The van der Waals surface area contributed by atoms with E-state index in [0.29, 0.717) is 17.2 Å². The predicted octanol–water partition coefficient (Wildman–Crippen LogP) is 2.01. The Hall–Kier alpha value is -2.90. The quantitative estimate of drug-likeness (QED) is 0.812. The topological polar surface area (TPSA) is 102 Å². The van der Waals surface area contributed by atoms with Crippen molar-refractivity contribution in [3.63, 3.8) is 0 Å². The number of phenolic OH excluding ortho intramolecular Hbond substituents is 1. The van der Waals surface area contributed by atoms with Crippen molar-refractivity contribution in [1.82, 2.24) is 20.2 Å². The predicted molar refractivity (Wildman–Crippen MR) is 86.2 cm³/mol. The number of benzene rings is 1. The molecule has 8 nitrogen and oxygen atoms in total. The van der Waals surface area contributed by atoms with Gasteiger partial charge in [-0.1, -0.05) is 17.2 Å². The highest BCUT2D eigenvalue weighted by Crippen LogP contribution is 2.35. The number of ether oxygens (including phenoxy) is 1.